The van der Waals surface area contributed by atoms with E-state index in [1.54, 1.807) is 25.1 Å². The van der Waals surface area contributed by atoms with Gasteiger partial charge in [0.1, 0.15) is 12.6 Å². The van der Waals surface area contributed by atoms with E-state index in [9.17, 15) is 18.0 Å². The molecule has 2 amide bonds. The van der Waals surface area contributed by atoms with Gasteiger partial charge < -0.3 is 10.2 Å². The second-order valence-electron chi connectivity index (χ2n) is 8.92. The highest BCUT2D eigenvalue weighted by Crippen LogP contribution is 2.27. The summed E-state index contributed by atoms with van der Waals surface area (Å²) in [5.41, 5.74) is 0.994. The van der Waals surface area contributed by atoms with E-state index >= 15 is 0 Å². The predicted molar refractivity (Wildman–Crippen MR) is 160 cm³/mol. The first-order chi connectivity index (χ1) is 18.5. The number of nitrogens with zero attached hydrogens (tertiary/aromatic N) is 2. The molecule has 0 bridgehead atoms. The molecule has 0 radical (unpaired) electrons. The zero-order valence-corrected chi connectivity index (χ0v) is 25.5. The zero-order valence-electron chi connectivity index (χ0n) is 21.6. The number of benzene rings is 3. The van der Waals surface area contributed by atoms with Crippen LogP contribution in [0.4, 0.5) is 5.69 Å². The Hall–Kier alpha value is -2.59. The minimum absolute atomic E-state index is 0.0384. The molecule has 0 aliphatic carbocycles. The van der Waals surface area contributed by atoms with Crippen molar-refractivity contribution in [1.82, 2.24) is 10.2 Å². The van der Waals surface area contributed by atoms with Crippen molar-refractivity contribution in [3.63, 3.8) is 0 Å². The molecule has 0 saturated carbocycles. The highest BCUT2D eigenvalue weighted by atomic mass is 79.9. The van der Waals surface area contributed by atoms with Gasteiger partial charge in [-0.2, -0.15) is 0 Å². The Morgan fingerprint density at radius 2 is 1.67 bits per heavy atom. The largest absolute Gasteiger partial charge is 0.354 e. The van der Waals surface area contributed by atoms with Gasteiger partial charge in [-0.15, -0.1) is 0 Å². The average Bonchev–Trinajstić information content (AvgIpc) is 2.90. The first-order valence-electron chi connectivity index (χ1n) is 12.4. The van der Waals surface area contributed by atoms with Crippen LogP contribution in [0.3, 0.4) is 0 Å². The summed E-state index contributed by atoms with van der Waals surface area (Å²) >= 11 is 15.6. The summed E-state index contributed by atoms with van der Waals surface area (Å²) in [4.78, 5) is 28.2. The van der Waals surface area contributed by atoms with E-state index < -0.39 is 28.5 Å². The van der Waals surface area contributed by atoms with Crippen LogP contribution in [0.15, 0.2) is 82.2 Å². The van der Waals surface area contributed by atoms with Crippen LogP contribution in [-0.4, -0.2) is 44.3 Å². The van der Waals surface area contributed by atoms with E-state index in [0.717, 1.165) is 27.2 Å². The van der Waals surface area contributed by atoms with E-state index in [1.807, 2.05) is 31.2 Å². The Bertz CT molecular complexity index is 1400. The number of carbonyl (C=O) groups is 2. The predicted octanol–water partition coefficient (Wildman–Crippen LogP) is 6.28. The highest BCUT2D eigenvalue weighted by molar-refractivity contribution is 9.10. The molecular weight excluding hydrogens is 625 g/mol. The number of hydrogen-bond acceptors (Lipinski definition) is 4. The van der Waals surface area contributed by atoms with Crippen LogP contribution in [0.5, 0.6) is 0 Å². The Labute approximate surface area is 248 Å². The maximum absolute atomic E-state index is 13.9. The topological polar surface area (TPSA) is 86.8 Å². The fourth-order valence-electron chi connectivity index (χ4n) is 3.84. The van der Waals surface area contributed by atoms with E-state index in [2.05, 4.69) is 21.2 Å². The molecule has 11 heteroatoms. The Morgan fingerprint density at radius 1 is 0.974 bits per heavy atom. The summed E-state index contributed by atoms with van der Waals surface area (Å²) in [7, 11) is -4.20. The normalized spacial score (nSPS) is 12.0. The molecule has 0 spiro atoms. The van der Waals surface area contributed by atoms with E-state index in [4.69, 9.17) is 23.2 Å². The zero-order chi connectivity index (χ0) is 28.6. The van der Waals surface area contributed by atoms with Crippen molar-refractivity contribution in [2.75, 3.05) is 17.4 Å². The van der Waals surface area contributed by atoms with Crippen LogP contribution in [0, 0.1) is 0 Å². The maximum Gasteiger partial charge on any atom is 0.264 e. The van der Waals surface area contributed by atoms with Crippen molar-refractivity contribution in [2.45, 2.75) is 44.2 Å². The molecule has 0 aromatic heterocycles. The van der Waals surface area contributed by atoms with Gasteiger partial charge in [-0.3, -0.25) is 13.9 Å². The monoisotopic (exact) mass is 653 g/mol. The molecule has 208 valence electrons. The molecule has 0 fully saturated rings. The van der Waals surface area contributed by atoms with Crippen LogP contribution in [0.2, 0.25) is 10.0 Å². The number of nitrogens with one attached hydrogen (secondary N) is 1. The molecule has 0 heterocycles. The summed E-state index contributed by atoms with van der Waals surface area (Å²) in [6, 6.07) is 18.5. The molecule has 1 atom stereocenters. The smallest absolute Gasteiger partial charge is 0.264 e. The number of rotatable bonds is 12. The molecule has 3 aromatic carbocycles. The molecule has 0 unspecified atom stereocenters. The second kappa shape index (κ2) is 14.2. The van der Waals surface area contributed by atoms with Crippen molar-refractivity contribution in [1.29, 1.82) is 0 Å². The van der Waals surface area contributed by atoms with Crippen molar-refractivity contribution in [3.05, 3.63) is 92.9 Å². The third-order valence-electron chi connectivity index (χ3n) is 6.02. The molecule has 39 heavy (non-hydrogen) atoms. The molecule has 0 aliphatic heterocycles. The summed E-state index contributed by atoms with van der Waals surface area (Å²) < 4.78 is 29.4. The van der Waals surface area contributed by atoms with Crippen molar-refractivity contribution < 1.29 is 18.0 Å². The first kappa shape index (κ1) is 30.9. The van der Waals surface area contributed by atoms with Gasteiger partial charge in [-0.05, 0) is 73.5 Å². The number of sulfonamides is 1. The lowest BCUT2D eigenvalue weighted by molar-refractivity contribution is -0.139. The van der Waals surface area contributed by atoms with Crippen LogP contribution in [-0.2, 0) is 26.2 Å². The van der Waals surface area contributed by atoms with Gasteiger partial charge in [-0.25, -0.2) is 8.42 Å². The number of carbonyl (C=O) groups excluding carboxylic acids is 2. The number of hydrogen-bond donors (Lipinski definition) is 1. The highest BCUT2D eigenvalue weighted by Gasteiger charge is 2.32. The van der Waals surface area contributed by atoms with Crippen LogP contribution < -0.4 is 9.62 Å². The molecule has 3 rings (SSSR count). The first-order valence-corrected chi connectivity index (χ1v) is 15.4. The summed E-state index contributed by atoms with van der Waals surface area (Å²) in [5.74, 6) is -0.868. The SMILES string of the molecule is CCCCNC(=O)[C@H](C)N(Cc1cccc(Br)c1)C(=O)CN(c1cccc(Cl)c1)S(=O)(=O)c1ccc(Cl)cc1. The van der Waals surface area contributed by atoms with Gasteiger partial charge in [0, 0.05) is 27.6 Å². The lowest BCUT2D eigenvalue weighted by Crippen LogP contribution is -2.51. The van der Waals surface area contributed by atoms with E-state index in [1.165, 1.54) is 35.2 Å². The van der Waals surface area contributed by atoms with Crippen molar-refractivity contribution >= 4 is 66.7 Å². The average molecular weight is 655 g/mol. The van der Waals surface area contributed by atoms with Gasteiger partial charge in [0.2, 0.25) is 11.8 Å². The van der Waals surface area contributed by atoms with Gasteiger partial charge in [0.05, 0.1) is 10.6 Å². The van der Waals surface area contributed by atoms with Gasteiger partial charge in [-0.1, -0.05) is 70.7 Å². The van der Waals surface area contributed by atoms with Crippen molar-refractivity contribution in [2.24, 2.45) is 0 Å². The Morgan fingerprint density at radius 3 is 2.31 bits per heavy atom. The molecule has 1 N–H and O–H groups in total. The Balaban J connectivity index is 2.00. The number of unbranched alkanes of at least 4 members (excludes halogenated alkanes) is 1. The third-order valence-corrected chi connectivity index (χ3v) is 8.78. The van der Waals surface area contributed by atoms with E-state index in [-0.39, 0.29) is 23.0 Å². The maximum atomic E-state index is 13.9. The van der Waals surface area contributed by atoms with Gasteiger partial charge >= 0.3 is 0 Å². The summed E-state index contributed by atoms with van der Waals surface area (Å²) in [5, 5.41) is 3.55. The van der Waals surface area contributed by atoms with Crippen LogP contribution in [0.25, 0.3) is 0 Å². The van der Waals surface area contributed by atoms with Gasteiger partial charge in [0.25, 0.3) is 10.0 Å². The number of amides is 2. The molecular formula is C28H30BrCl2N3O4S. The fraction of sp³-hybridized carbons (Fsp3) is 0.286. The lowest BCUT2D eigenvalue weighted by Gasteiger charge is -2.32. The second-order valence-corrected chi connectivity index (χ2v) is 12.6. The summed E-state index contributed by atoms with van der Waals surface area (Å²) in [6.07, 6.45) is 1.71. The third kappa shape index (κ3) is 8.45. The van der Waals surface area contributed by atoms with Crippen LogP contribution >= 0.6 is 39.1 Å². The Kier molecular flexibility index (Phi) is 11.2. The summed E-state index contributed by atoms with van der Waals surface area (Å²) in [6.45, 7) is 3.69. The quantitative estimate of drug-likeness (QED) is 0.233. The molecule has 7 nitrogen and oxygen atoms in total. The van der Waals surface area contributed by atoms with Crippen LogP contribution in [0.1, 0.15) is 32.3 Å². The fourth-order valence-corrected chi connectivity index (χ4v) is 6.01. The standard InChI is InChI=1S/C28H30BrCl2N3O4S/c1-3-4-15-32-28(36)20(2)33(18-21-7-5-8-22(29)16-21)27(35)19-34(25-10-6-9-24(31)17-25)39(37,38)26-13-11-23(30)12-14-26/h5-14,16-17,20H,3-4,15,18-19H2,1-2H3,(H,32,36)/t20-/m0/s1. The molecule has 0 aliphatic rings. The van der Waals surface area contributed by atoms with E-state index in [0.29, 0.717) is 16.6 Å². The minimum Gasteiger partial charge on any atom is -0.354 e. The minimum atomic E-state index is -4.20. The lowest BCUT2D eigenvalue weighted by atomic mass is 10.1. The molecule has 3 aromatic rings. The number of anilines is 1. The molecule has 0 saturated heterocycles. The van der Waals surface area contributed by atoms with Crippen molar-refractivity contribution in [3.8, 4) is 0 Å². The number of halogens is 3. The van der Waals surface area contributed by atoms with Gasteiger partial charge in [0.15, 0.2) is 0 Å².